The summed E-state index contributed by atoms with van der Waals surface area (Å²) in [5, 5.41) is 0. The SMILES string of the molecule is CCc1c[c]ccc1OC(F)(F)F. The monoisotopic (exact) mass is 189 g/mol. The molecule has 0 spiro atoms. The summed E-state index contributed by atoms with van der Waals surface area (Å²) < 4.78 is 39.3. The minimum atomic E-state index is -4.62. The van der Waals surface area contributed by atoms with Crippen LogP contribution in [0.2, 0.25) is 0 Å². The lowest BCUT2D eigenvalue weighted by molar-refractivity contribution is -0.274. The van der Waals surface area contributed by atoms with Gasteiger partial charge in [-0.3, -0.25) is 0 Å². The lowest BCUT2D eigenvalue weighted by Crippen LogP contribution is -2.17. The van der Waals surface area contributed by atoms with Crippen molar-refractivity contribution in [3.8, 4) is 5.75 Å². The second-order valence-corrected chi connectivity index (χ2v) is 2.44. The number of halogens is 3. The van der Waals surface area contributed by atoms with Crippen LogP contribution < -0.4 is 4.74 Å². The van der Waals surface area contributed by atoms with Crippen LogP contribution in [0.5, 0.6) is 5.75 Å². The first-order valence-electron chi connectivity index (χ1n) is 3.77. The Morgan fingerprint density at radius 2 is 2.15 bits per heavy atom. The fourth-order valence-electron chi connectivity index (χ4n) is 0.951. The molecule has 1 radical (unpaired) electrons. The van der Waals surface area contributed by atoms with Gasteiger partial charge >= 0.3 is 6.36 Å². The van der Waals surface area contributed by atoms with Crippen molar-refractivity contribution in [1.29, 1.82) is 0 Å². The van der Waals surface area contributed by atoms with Crippen molar-refractivity contribution < 1.29 is 17.9 Å². The smallest absolute Gasteiger partial charge is 0.406 e. The highest BCUT2D eigenvalue weighted by Crippen LogP contribution is 2.25. The highest BCUT2D eigenvalue weighted by atomic mass is 19.4. The van der Waals surface area contributed by atoms with Crippen LogP contribution in [-0.2, 0) is 6.42 Å². The van der Waals surface area contributed by atoms with Gasteiger partial charge in [0.2, 0.25) is 0 Å². The van der Waals surface area contributed by atoms with E-state index >= 15 is 0 Å². The molecular formula is C9H8F3O. The zero-order valence-corrected chi connectivity index (χ0v) is 6.98. The maximum Gasteiger partial charge on any atom is 0.573 e. The number of hydrogen-bond acceptors (Lipinski definition) is 1. The Morgan fingerprint density at radius 1 is 1.46 bits per heavy atom. The van der Waals surface area contributed by atoms with Gasteiger partial charge in [0.1, 0.15) is 5.75 Å². The van der Waals surface area contributed by atoms with Gasteiger partial charge < -0.3 is 4.74 Å². The van der Waals surface area contributed by atoms with Gasteiger partial charge in [-0.25, -0.2) is 0 Å². The minimum Gasteiger partial charge on any atom is -0.406 e. The highest BCUT2D eigenvalue weighted by Gasteiger charge is 2.31. The quantitative estimate of drug-likeness (QED) is 0.694. The predicted octanol–water partition coefficient (Wildman–Crippen LogP) is 2.95. The molecule has 4 heteroatoms. The normalized spacial score (nSPS) is 11.4. The number of hydrogen-bond donors (Lipinski definition) is 0. The zero-order chi connectivity index (χ0) is 9.90. The third-order valence-corrected chi connectivity index (χ3v) is 1.51. The standard InChI is InChI=1S/C9H8F3O/c1-2-7-5-3-4-6-8(7)13-9(10,11)12/h4-6H,2H2,1H3. The molecule has 1 nitrogen and oxygen atoms in total. The Labute approximate surface area is 74.1 Å². The third-order valence-electron chi connectivity index (χ3n) is 1.51. The first-order valence-corrected chi connectivity index (χ1v) is 3.77. The zero-order valence-electron chi connectivity index (χ0n) is 6.98. The van der Waals surface area contributed by atoms with Crippen LogP contribution in [0.4, 0.5) is 13.2 Å². The van der Waals surface area contributed by atoms with Crippen LogP contribution in [0.1, 0.15) is 12.5 Å². The maximum absolute atomic E-state index is 11.8. The molecule has 0 aliphatic heterocycles. The highest BCUT2D eigenvalue weighted by molar-refractivity contribution is 5.32. The van der Waals surface area contributed by atoms with E-state index in [0.717, 1.165) is 0 Å². The van der Waals surface area contributed by atoms with E-state index in [1.54, 1.807) is 6.92 Å². The molecule has 0 fully saturated rings. The number of alkyl halides is 3. The van der Waals surface area contributed by atoms with E-state index in [9.17, 15) is 13.2 Å². The average Bonchev–Trinajstić information content (AvgIpc) is 2.02. The van der Waals surface area contributed by atoms with Gasteiger partial charge in [0, 0.05) is 0 Å². The summed E-state index contributed by atoms with van der Waals surface area (Å²) in [5.41, 5.74) is 0.500. The van der Waals surface area contributed by atoms with Crippen LogP contribution in [0.25, 0.3) is 0 Å². The van der Waals surface area contributed by atoms with Crippen LogP contribution in [0, 0.1) is 6.07 Å². The molecule has 0 heterocycles. The van der Waals surface area contributed by atoms with Gasteiger partial charge in [-0.1, -0.05) is 13.0 Å². The summed E-state index contributed by atoms with van der Waals surface area (Å²) in [7, 11) is 0. The van der Waals surface area contributed by atoms with E-state index in [1.807, 2.05) is 0 Å². The number of ether oxygens (including phenoxy) is 1. The van der Waals surface area contributed by atoms with Crippen molar-refractivity contribution in [2.75, 3.05) is 0 Å². The predicted molar refractivity (Wildman–Crippen MR) is 41.3 cm³/mol. The van der Waals surface area contributed by atoms with Gasteiger partial charge in [0.15, 0.2) is 0 Å². The Bertz CT molecular complexity index is 280. The second-order valence-electron chi connectivity index (χ2n) is 2.44. The van der Waals surface area contributed by atoms with Gasteiger partial charge in [-0.15, -0.1) is 13.2 Å². The van der Waals surface area contributed by atoms with Crippen LogP contribution >= 0.6 is 0 Å². The summed E-state index contributed by atoms with van der Waals surface area (Å²) >= 11 is 0. The second kappa shape index (κ2) is 3.68. The van der Waals surface area contributed by atoms with E-state index in [4.69, 9.17) is 0 Å². The fraction of sp³-hybridized carbons (Fsp3) is 0.333. The molecule has 0 aliphatic rings. The van der Waals surface area contributed by atoms with Crippen LogP contribution in [0.3, 0.4) is 0 Å². The Kier molecular flexibility index (Phi) is 2.80. The molecule has 0 saturated heterocycles. The van der Waals surface area contributed by atoms with E-state index in [2.05, 4.69) is 10.8 Å². The largest absolute Gasteiger partial charge is 0.573 e. The van der Waals surface area contributed by atoms with Crippen molar-refractivity contribution in [3.05, 3.63) is 29.8 Å². The molecule has 13 heavy (non-hydrogen) atoms. The molecule has 1 aromatic rings. The molecule has 0 saturated carbocycles. The molecule has 0 aliphatic carbocycles. The molecule has 1 aromatic carbocycles. The third kappa shape index (κ3) is 2.97. The van der Waals surface area contributed by atoms with Crippen molar-refractivity contribution in [1.82, 2.24) is 0 Å². The van der Waals surface area contributed by atoms with Gasteiger partial charge in [-0.05, 0) is 30.2 Å². The minimum absolute atomic E-state index is 0.145. The number of rotatable bonds is 2. The molecule has 1 rings (SSSR count). The molecule has 71 valence electrons. The first kappa shape index (κ1) is 9.89. The number of aryl methyl sites for hydroxylation is 1. The Hall–Kier alpha value is -1.19. The van der Waals surface area contributed by atoms with Crippen molar-refractivity contribution in [2.45, 2.75) is 19.7 Å². The van der Waals surface area contributed by atoms with Crippen molar-refractivity contribution in [2.24, 2.45) is 0 Å². The van der Waals surface area contributed by atoms with E-state index in [1.165, 1.54) is 18.2 Å². The molecule has 0 atom stereocenters. The van der Waals surface area contributed by atoms with Gasteiger partial charge in [-0.2, -0.15) is 0 Å². The Morgan fingerprint density at radius 3 is 2.69 bits per heavy atom. The lowest BCUT2D eigenvalue weighted by Gasteiger charge is -2.11. The van der Waals surface area contributed by atoms with Gasteiger partial charge in [0.25, 0.3) is 0 Å². The first-order chi connectivity index (χ1) is 6.03. The summed E-state index contributed by atoms with van der Waals surface area (Å²) in [6, 6.07) is 6.82. The lowest BCUT2D eigenvalue weighted by atomic mass is 10.1. The van der Waals surface area contributed by atoms with Crippen LogP contribution in [-0.4, -0.2) is 6.36 Å². The summed E-state index contributed by atoms with van der Waals surface area (Å²) in [4.78, 5) is 0. The van der Waals surface area contributed by atoms with Crippen molar-refractivity contribution >= 4 is 0 Å². The topological polar surface area (TPSA) is 9.23 Å². The molecule has 0 unspecified atom stereocenters. The maximum atomic E-state index is 11.8. The van der Waals surface area contributed by atoms with Crippen molar-refractivity contribution in [3.63, 3.8) is 0 Å². The Balaban J connectivity index is 2.87. The molecule has 0 amide bonds. The van der Waals surface area contributed by atoms with E-state index in [-0.39, 0.29) is 5.75 Å². The summed E-state index contributed by atoms with van der Waals surface area (Å²) in [6.07, 6.45) is -4.13. The molecule has 0 bridgehead atoms. The summed E-state index contributed by atoms with van der Waals surface area (Å²) in [6.45, 7) is 1.76. The van der Waals surface area contributed by atoms with Gasteiger partial charge in [0.05, 0.1) is 0 Å². The molecule has 0 aromatic heterocycles. The molecular weight excluding hydrogens is 181 g/mol. The number of benzene rings is 1. The molecule has 0 N–H and O–H groups in total. The average molecular weight is 189 g/mol. The van der Waals surface area contributed by atoms with E-state index in [0.29, 0.717) is 12.0 Å². The van der Waals surface area contributed by atoms with E-state index < -0.39 is 6.36 Å². The van der Waals surface area contributed by atoms with Crippen LogP contribution in [0.15, 0.2) is 18.2 Å². The fourth-order valence-corrected chi connectivity index (χ4v) is 0.951. The summed E-state index contributed by atoms with van der Waals surface area (Å²) in [5.74, 6) is -0.145.